The van der Waals surface area contributed by atoms with E-state index in [-0.39, 0.29) is 5.60 Å². The van der Waals surface area contributed by atoms with Gasteiger partial charge in [-0.25, -0.2) is 0 Å². The first-order valence-electron chi connectivity index (χ1n) is 7.94. The summed E-state index contributed by atoms with van der Waals surface area (Å²) in [4.78, 5) is 0. The Morgan fingerprint density at radius 1 is 1.30 bits per heavy atom. The standard InChI is InChI=1S/C18H29NO/c1-5-19-17(13-18(2,3)20-4)16-12-7-6-11-15(16)14-9-8-10-14/h6-7,11-12,14,17,19H,5,8-10,13H2,1-4H3. The van der Waals surface area contributed by atoms with Crippen LogP contribution in [0.2, 0.25) is 0 Å². The summed E-state index contributed by atoms with van der Waals surface area (Å²) in [6, 6.07) is 9.35. The summed E-state index contributed by atoms with van der Waals surface area (Å²) in [7, 11) is 1.81. The van der Waals surface area contributed by atoms with E-state index in [1.807, 2.05) is 0 Å². The highest BCUT2D eigenvalue weighted by Gasteiger charge is 2.28. The first-order chi connectivity index (χ1) is 9.57. The Morgan fingerprint density at radius 2 is 2.00 bits per heavy atom. The van der Waals surface area contributed by atoms with E-state index in [0.29, 0.717) is 6.04 Å². The van der Waals surface area contributed by atoms with Crippen LogP contribution in [-0.4, -0.2) is 19.3 Å². The Morgan fingerprint density at radius 3 is 2.55 bits per heavy atom. The van der Waals surface area contributed by atoms with Crippen LogP contribution in [0.15, 0.2) is 24.3 Å². The second-order valence-corrected chi connectivity index (χ2v) is 6.53. The zero-order valence-corrected chi connectivity index (χ0v) is 13.4. The number of benzene rings is 1. The minimum Gasteiger partial charge on any atom is -0.379 e. The molecule has 2 rings (SSSR count). The average Bonchev–Trinajstić information content (AvgIpc) is 2.37. The Bertz CT molecular complexity index is 423. The monoisotopic (exact) mass is 275 g/mol. The summed E-state index contributed by atoms with van der Waals surface area (Å²) in [5.74, 6) is 0.776. The molecule has 2 nitrogen and oxygen atoms in total. The molecule has 0 aliphatic heterocycles. The average molecular weight is 275 g/mol. The van der Waals surface area contributed by atoms with Crippen molar-refractivity contribution < 1.29 is 4.74 Å². The van der Waals surface area contributed by atoms with Gasteiger partial charge in [-0.3, -0.25) is 0 Å². The number of hydrogen-bond acceptors (Lipinski definition) is 2. The molecule has 20 heavy (non-hydrogen) atoms. The van der Waals surface area contributed by atoms with Crippen LogP contribution in [0.3, 0.4) is 0 Å². The molecule has 0 spiro atoms. The molecular formula is C18H29NO. The number of rotatable bonds is 7. The molecule has 1 unspecified atom stereocenters. The maximum Gasteiger partial charge on any atom is 0.0640 e. The molecule has 0 heterocycles. The van der Waals surface area contributed by atoms with Crippen LogP contribution in [0, 0.1) is 0 Å². The zero-order valence-electron chi connectivity index (χ0n) is 13.4. The van der Waals surface area contributed by atoms with Gasteiger partial charge in [-0.1, -0.05) is 37.6 Å². The van der Waals surface area contributed by atoms with E-state index < -0.39 is 0 Å². The van der Waals surface area contributed by atoms with Crippen LogP contribution in [0.4, 0.5) is 0 Å². The lowest BCUT2D eigenvalue weighted by molar-refractivity contribution is 0.00685. The first-order valence-corrected chi connectivity index (χ1v) is 7.94. The van der Waals surface area contributed by atoms with Crippen molar-refractivity contribution in [3.05, 3.63) is 35.4 Å². The fourth-order valence-corrected chi connectivity index (χ4v) is 3.03. The van der Waals surface area contributed by atoms with E-state index in [1.54, 1.807) is 12.7 Å². The van der Waals surface area contributed by atoms with Gasteiger partial charge in [0.05, 0.1) is 5.60 Å². The topological polar surface area (TPSA) is 21.3 Å². The zero-order chi connectivity index (χ0) is 14.6. The molecule has 112 valence electrons. The van der Waals surface area contributed by atoms with Gasteiger partial charge in [0.25, 0.3) is 0 Å². The summed E-state index contributed by atoms with van der Waals surface area (Å²) in [6.45, 7) is 7.51. The van der Waals surface area contributed by atoms with Crippen molar-refractivity contribution in [1.82, 2.24) is 5.32 Å². The molecule has 1 aromatic carbocycles. The Hall–Kier alpha value is -0.860. The number of nitrogens with one attached hydrogen (secondary N) is 1. The Balaban J connectivity index is 2.24. The highest BCUT2D eigenvalue weighted by Crippen LogP contribution is 2.40. The largest absolute Gasteiger partial charge is 0.379 e. The third-order valence-corrected chi connectivity index (χ3v) is 4.62. The van der Waals surface area contributed by atoms with Gasteiger partial charge in [-0.15, -0.1) is 0 Å². The minimum atomic E-state index is -0.0977. The van der Waals surface area contributed by atoms with Crippen molar-refractivity contribution in [1.29, 1.82) is 0 Å². The maximum absolute atomic E-state index is 5.64. The maximum atomic E-state index is 5.64. The van der Waals surface area contributed by atoms with E-state index in [1.165, 1.54) is 24.8 Å². The molecule has 1 saturated carbocycles. The molecule has 0 aromatic heterocycles. The summed E-state index contributed by atoms with van der Waals surface area (Å²) in [6.07, 6.45) is 5.09. The molecule has 1 aliphatic carbocycles. The van der Waals surface area contributed by atoms with Gasteiger partial charge in [-0.05, 0) is 56.7 Å². The second-order valence-electron chi connectivity index (χ2n) is 6.53. The fraction of sp³-hybridized carbons (Fsp3) is 0.667. The van der Waals surface area contributed by atoms with Crippen LogP contribution < -0.4 is 5.32 Å². The Labute approximate surface area is 123 Å². The number of hydrogen-bond donors (Lipinski definition) is 1. The summed E-state index contributed by atoms with van der Waals surface area (Å²) < 4.78 is 5.64. The summed E-state index contributed by atoms with van der Waals surface area (Å²) in [5, 5.41) is 3.65. The van der Waals surface area contributed by atoms with Crippen LogP contribution in [-0.2, 0) is 4.74 Å². The molecule has 1 fully saturated rings. The number of ether oxygens (including phenoxy) is 1. The second kappa shape index (κ2) is 6.73. The van der Waals surface area contributed by atoms with Crippen LogP contribution in [0.25, 0.3) is 0 Å². The van der Waals surface area contributed by atoms with Crippen molar-refractivity contribution in [2.75, 3.05) is 13.7 Å². The quantitative estimate of drug-likeness (QED) is 0.795. The highest BCUT2D eigenvalue weighted by molar-refractivity contribution is 5.34. The fourth-order valence-electron chi connectivity index (χ4n) is 3.03. The third-order valence-electron chi connectivity index (χ3n) is 4.62. The Kier molecular flexibility index (Phi) is 5.22. The molecule has 0 saturated heterocycles. The van der Waals surface area contributed by atoms with Crippen LogP contribution >= 0.6 is 0 Å². The van der Waals surface area contributed by atoms with Gasteiger partial charge in [0.15, 0.2) is 0 Å². The molecule has 1 N–H and O–H groups in total. The first kappa shape index (κ1) is 15.5. The van der Waals surface area contributed by atoms with Crippen molar-refractivity contribution in [2.45, 2.75) is 64.0 Å². The summed E-state index contributed by atoms with van der Waals surface area (Å²) >= 11 is 0. The normalized spacial score (nSPS) is 17.8. The molecule has 0 radical (unpaired) electrons. The van der Waals surface area contributed by atoms with Gasteiger partial charge in [0.1, 0.15) is 0 Å². The van der Waals surface area contributed by atoms with Crippen LogP contribution in [0.1, 0.15) is 69.5 Å². The molecule has 0 bridgehead atoms. The third kappa shape index (κ3) is 3.62. The van der Waals surface area contributed by atoms with E-state index in [0.717, 1.165) is 18.9 Å². The number of methoxy groups -OCH3 is 1. The van der Waals surface area contributed by atoms with Crippen molar-refractivity contribution in [3.63, 3.8) is 0 Å². The van der Waals surface area contributed by atoms with E-state index >= 15 is 0 Å². The molecule has 1 aromatic rings. The van der Waals surface area contributed by atoms with E-state index in [4.69, 9.17) is 4.74 Å². The van der Waals surface area contributed by atoms with E-state index in [2.05, 4.69) is 50.4 Å². The lowest BCUT2D eigenvalue weighted by atomic mass is 9.76. The highest BCUT2D eigenvalue weighted by atomic mass is 16.5. The van der Waals surface area contributed by atoms with Crippen molar-refractivity contribution >= 4 is 0 Å². The van der Waals surface area contributed by atoms with Crippen LogP contribution in [0.5, 0.6) is 0 Å². The smallest absolute Gasteiger partial charge is 0.0640 e. The van der Waals surface area contributed by atoms with Gasteiger partial charge >= 0.3 is 0 Å². The summed E-state index contributed by atoms with van der Waals surface area (Å²) in [5.41, 5.74) is 2.93. The lowest BCUT2D eigenvalue weighted by Crippen LogP contribution is -2.33. The van der Waals surface area contributed by atoms with Gasteiger partial charge in [0.2, 0.25) is 0 Å². The minimum absolute atomic E-state index is 0.0977. The molecule has 0 amide bonds. The van der Waals surface area contributed by atoms with Gasteiger partial charge in [-0.2, -0.15) is 0 Å². The molecule has 2 heteroatoms. The van der Waals surface area contributed by atoms with Gasteiger partial charge in [0, 0.05) is 13.2 Å². The van der Waals surface area contributed by atoms with E-state index in [9.17, 15) is 0 Å². The van der Waals surface area contributed by atoms with Crippen molar-refractivity contribution in [3.8, 4) is 0 Å². The SMILES string of the molecule is CCNC(CC(C)(C)OC)c1ccccc1C1CCC1. The lowest BCUT2D eigenvalue weighted by Gasteiger charge is -2.34. The van der Waals surface area contributed by atoms with Crippen molar-refractivity contribution in [2.24, 2.45) is 0 Å². The molecular weight excluding hydrogens is 246 g/mol. The van der Waals surface area contributed by atoms with Gasteiger partial charge < -0.3 is 10.1 Å². The molecule has 1 aliphatic rings. The molecule has 1 atom stereocenters. The predicted molar refractivity (Wildman–Crippen MR) is 85.2 cm³/mol. The predicted octanol–water partition coefficient (Wildman–Crippen LogP) is 4.42.